The highest BCUT2D eigenvalue weighted by molar-refractivity contribution is 7.18. The summed E-state index contributed by atoms with van der Waals surface area (Å²) >= 11 is 0.962. The second-order valence-electron chi connectivity index (χ2n) is 9.06. The van der Waals surface area contributed by atoms with E-state index in [1.54, 1.807) is 19.6 Å². The summed E-state index contributed by atoms with van der Waals surface area (Å²) in [5.41, 5.74) is 8.01. The quantitative estimate of drug-likeness (QED) is 0.316. The monoisotopic (exact) mass is 553 g/mol. The van der Waals surface area contributed by atoms with Gasteiger partial charge in [-0.25, -0.2) is 9.97 Å². The van der Waals surface area contributed by atoms with Crippen molar-refractivity contribution in [2.24, 2.45) is 0 Å². The van der Waals surface area contributed by atoms with Crippen LogP contribution >= 0.6 is 23.7 Å². The number of alkyl halides is 3. The van der Waals surface area contributed by atoms with E-state index in [1.807, 2.05) is 39.9 Å². The molecule has 0 aliphatic heterocycles. The normalized spacial score (nSPS) is 19.8. The van der Waals surface area contributed by atoms with Crippen LogP contribution in [-0.2, 0) is 13.0 Å². The number of nitrogen functional groups attached to an aromatic ring is 1. The highest BCUT2D eigenvalue weighted by Gasteiger charge is 2.37. The lowest BCUT2D eigenvalue weighted by atomic mass is 10.1. The second kappa shape index (κ2) is 10.8. The third kappa shape index (κ3) is 6.15. The average molecular weight is 554 g/mol. The lowest BCUT2D eigenvalue weighted by Gasteiger charge is -2.28. The molecule has 37 heavy (non-hydrogen) atoms. The van der Waals surface area contributed by atoms with Gasteiger partial charge in [0.05, 0.1) is 30.3 Å². The molecule has 3 heterocycles. The molecule has 4 aromatic rings. The van der Waals surface area contributed by atoms with Crippen LogP contribution in [0.5, 0.6) is 0 Å². The number of aromatic nitrogens is 4. The number of nitrogens with two attached hydrogens (primary N) is 1. The highest BCUT2D eigenvalue weighted by Crippen LogP contribution is 2.37. The van der Waals surface area contributed by atoms with Gasteiger partial charge in [0.1, 0.15) is 10.6 Å². The van der Waals surface area contributed by atoms with Crippen molar-refractivity contribution in [1.29, 1.82) is 0 Å². The Bertz CT molecular complexity index is 1330. The standard InChI is InChI=1S/C24H26F3N7OS.ClH/c1-33(21-18-10-17(11-24(25,26)27)36-22(18)32-23(28)31-21)19-8-15(9-20(19)35)30-12-14-2-4-16(5-3-14)34-7-6-29-13-34;/h2-7,10,13,15,19-20,30,35H,8-9,11-12H2,1H3,(H2,28,31,32);1H/t15-,19+,20-;/m1./s1. The van der Waals surface area contributed by atoms with Crippen molar-refractivity contribution in [1.82, 2.24) is 24.8 Å². The van der Waals surface area contributed by atoms with Crippen LogP contribution in [0.15, 0.2) is 49.1 Å². The number of nitrogens with one attached hydrogen (secondary N) is 1. The third-order valence-corrected chi connectivity index (χ3v) is 7.51. The molecular weight excluding hydrogens is 527 g/mol. The van der Waals surface area contributed by atoms with Crippen molar-refractivity contribution in [2.45, 2.75) is 50.2 Å². The molecule has 13 heteroatoms. The Kier molecular flexibility index (Phi) is 7.93. The van der Waals surface area contributed by atoms with Crippen molar-refractivity contribution < 1.29 is 18.3 Å². The molecular formula is C24H27ClF3N7OS. The molecule has 1 aliphatic carbocycles. The first kappa shape index (κ1) is 27.1. The Hall–Kier alpha value is -2.93. The summed E-state index contributed by atoms with van der Waals surface area (Å²) in [7, 11) is 1.79. The van der Waals surface area contributed by atoms with Gasteiger partial charge in [-0.15, -0.1) is 23.7 Å². The van der Waals surface area contributed by atoms with Crippen molar-refractivity contribution >= 4 is 45.7 Å². The summed E-state index contributed by atoms with van der Waals surface area (Å²) in [4.78, 5) is 14.9. The predicted molar refractivity (Wildman–Crippen MR) is 140 cm³/mol. The maximum Gasteiger partial charge on any atom is 0.393 e. The number of nitrogens with zero attached hydrogens (tertiary/aromatic N) is 5. The van der Waals surface area contributed by atoms with Crippen LogP contribution in [0.25, 0.3) is 15.9 Å². The lowest BCUT2D eigenvalue weighted by Crippen LogP contribution is -2.38. The molecule has 8 nitrogen and oxygen atoms in total. The van der Waals surface area contributed by atoms with Gasteiger partial charge in [0.2, 0.25) is 5.95 Å². The van der Waals surface area contributed by atoms with Gasteiger partial charge in [-0.2, -0.15) is 18.2 Å². The number of benzene rings is 1. The fraction of sp³-hybridized carbons (Fsp3) is 0.375. The molecule has 1 saturated carbocycles. The minimum atomic E-state index is -4.31. The molecule has 5 rings (SSSR count). The number of rotatable bonds is 7. The van der Waals surface area contributed by atoms with Gasteiger partial charge >= 0.3 is 6.18 Å². The van der Waals surface area contributed by atoms with Gasteiger partial charge in [-0.05, 0) is 36.6 Å². The molecule has 4 N–H and O–H groups in total. The number of aliphatic hydroxyl groups is 1. The number of aliphatic hydroxyl groups excluding tert-OH is 1. The van der Waals surface area contributed by atoms with E-state index >= 15 is 0 Å². The smallest absolute Gasteiger partial charge is 0.391 e. The van der Waals surface area contributed by atoms with Crippen molar-refractivity contribution in [3.8, 4) is 5.69 Å². The molecule has 0 bridgehead atoms. The predicted octanol–water partition coefficient (Wildman–Crippen LogP) is 4.10. The van der Waals surface area contributed by atoms with Crippen molar-refractivity contribution in [3.63, 3.8) is 0 Å². The van der Waals surface area contributed by atoms with Gasteiger partial charge in [-0.3, -0.25) is 0 Å². The molecule has 3 atom stereocenters. The topological polar surface area (TPSA) is 105 Å². The van der Waals surface area contributed by atoms with Gasteiger partial charge in [0.25, 0.3) is 0 Å². The molecule has 0 saturated heterocycles. The number of fused-ring (bicyclic) bond motifs is 1. The summed E-state index contributed by atoms with van der Waals surface area (Å²) < 4.78 is 40.7. The van der Waals surface area contributed by atoms with Crippen LogP contribution in [0, 0.1) is 0 Å². The number of halogens is 4. The van der Waals surface area contributed by atoms with E-state index in [1.165, 1.54) is 6.07 Å². The first-order chi connectivity index (χ1) is 17.2. The van der Waals surface area contributed by atoms with E-state index in [9.17, 15) is 18.3 Å². The fourth-order valence-corrected chi connectivity index (χ4v) is 5.78. The number of anilines is 2. The van der Waals surface area contributed by atoms with E-state index in [0.29, 0.717) is 35.4 Å². The molecule has 0 spiro atoms. The highest BCUT2D eigenvalue weighted by atomic mass is 35.5. The van der Waals surface area contributed by atoms with Crippen LogP contribution in [0.2, 0.25) is 0 Å². The number of imidazole rings is 1. The Labute approximate surface area is 221 Å². The van der Waals surface area contributed by atoms with Crippen LogP contribution in [-0.4, -0.2) is 56.0 Å². The first-order valence-electron chi connectivity index (χ1n) is 11.5. The van der Waals surface area contributed by atoms with E-state index in [2.05, 4.69) is 20.3 Å². The molecule has 0 amide bonds. The maximum absolute atomic E-state index is 12.9. The summed E-state index contributed by atoms with van der Waals surface area (Å²) in [6, 6.07) is 9.42. The average Bonchev–Trinajstić information content (AvgIpc) is 3.56. The van der Waals surface area contributed by atoms with Crippen molar-refractivity contribution in [3.05, 3.63) is 59.5 Å². The number of likely N-dealkylation sites (N-methyl/N-ethyl adjacent to an activating group) is 1. The zero-order valence-corrected chi connectivity index (χ0v) is 21.5. The minimum Gasteiger partial charge on any atom is -0.391 e. The summed E-state index contributed by atoms with van der Waals surface area (Å²) in [5, 5.41) is 14.8. The second-order valence-corrected chi connectivity index (χ2v) is 10.2. The van der Waals surface area contributed by atoms with Gasteiger partial charge in [0.15, 0.2) is 0 Å². The number of hydrogen-bond donors (Lipinski definition) is 3. The zero-order chi connectivity index (χ0) is 25.4. The number of hydrogen-bond acceptors (Lipinski definition) is 8. The molecule has 3 aromatic heterocycles. The third-order valence-electron chi connectivity index (χ3n) is 6.48. The molecule has 1 aliphatic rings. The maximum atomic E-state index is 12.9. The van der Waals surface area contributed by atoms with Crippen LogP contribution < -0.4 is 16.0 Å². The molecule has 198 valence electrons. The SMILES string of the molecule is CN(c1nc(N)nc2sc(CC(F)(F)F)cc12)[C@H]1C[C@@H](NCc2ccc(-n3ccnc3)cc2)C[C@H]1O.Cl. The van der Waals surface area contributed by atoms with Gasteiger partial charge in [0, 0.05) is 42.6 Å². The molecule has 0 radical (unpaired) electrons. The summed E-state index contributed by atoms with van der Waals surface area (Å²) in [5.74, 6) is 0.424. The Morgan fingerprint density at radius 1 is 1.22 bits per heavy atom. The molecule has 1 fully saturated rings. The van der Waals surface area contributed by atoms with E-state index in [-0.39, 0.29) is 35.3 Å². The fourth-order valence-electron chi connectivity index (χ4n) is 4.72. The summed E-state index contributed by atoms with van der Waals surface area (Å²) in [6.45, 7) is 0.647. The largest absolute Gasteiger partial charge is 0.393 e. The van der Waals surface area contributed by atoms with Gasteiger partial charge < -0.3 is 25.6 Å². The first-order valence-corrected chi connectivity index (χ1v) is 12.3. The van der Waals surface area contributed by atoms with E-state index in [4.69, 9.17) is 5.73 Å². The molecule has 1 aromatic carbocycles. The lowest BCUT2D eigenvalue weighted by molar-refractivity contribution is -0.126. The zero-order valence-electron chi connectivity index (χ0n) is 19.9. The van der Waals surface area contributed by atoms with Crippen LogP contribution in [0.4, 0.5) is 24.9 Å². The summed E-state index contributed by atoms with van der Waals surface area (Å²) in [6.07, 6.45) is 0.590. The Balaban J connectivity index is 0.00000320. The molecule has 0 unspecified atom stereocenters. The van der Waals surface area contributed by atoms with E-state index in [0.717, 1.165) is 22.6 Å². The minimum absolute atomic E-state index is 0. The number of thiophene rings is 1. The van der Waals surface area contributed by atoms with Gasteiger partial charge in [-0.1, -0.05) is 12.1 Å². The van der Waals surface area contributed by atoms with Crippen molar-refractivity contribution in [2.75, 3.05) is 17.7 Å². The Morgan fingerprint density at radius 3 is 2.65 bits per heavy atom. The van der Waals surface area contributed by atoms with Crippen LogP contribution in [0.1, 0.15) is 23.3 Å². The Morgan fingerprint density at radius 2 is 1.97 bits per heavy atom. The van der Waals surface area contributed by atoms with Crippen LogP contribution in [0.3, 0.4) is 0 Å². The van der Waals surface area contributed by atoms with E-state index < -0.39 is 18.7 Å².